The molecule has 12 heteroatoms. The Bertz CT molecular complexity index is 1370. The van der Waals surface area contributed by atoms with Crippen LogP contribution < -0.4 is 10.2 Å². The van der Waals surface area contributed by atoms with Crippen molar-refractivity contribution in [3.05, 3.63) is 36.2 Å². The second kappa shape index (κ2) is 12.9. The molecule has 1 atom stereocenters. The van der Waals surface area contributed by atoms with Gasteiger partial charge in [0.2, 0.25) is 5.95 Å². The third kappa shape index (κ3) is 6.49. The first kappa shape index (κ1) is 28.7. The Morgan fingerprint density at radius 3 is 2.52 bits per heavy atom. The molecule has 0 radical (unpaired) electrons. The van der Waals surface area contributed by atoms with E-state index in [0.717, 1.165) is 51.6 Å². The molecule has 2 N–H and O–H groups in total. The number of benzene rings is 1. The number of rotatable bonds is 9. The summed E-state index contributed by atoms with van der Waals surface area (Å²) in [6.07, 6.45) is 3.87. The molecule has 226 valence electrons. The molecule has 3 aromatic rings. The van der Waals surface area contributed by atoms with E-state index in [1.165, 1.54) is 4.57 Å². The molecule has 2 aromatic heterocycles. The van der Waals surface area contributed by atoms with Crippen LogP contribution in [0.2, 0.25) is 0 Å². The molecule has 10 nitrogen and oxygen atoms in total. The number of anilines is 2. The van der Waals surface area contributed by atoms with E-state index in [9.17, 15) is 18.7 Å². The van der Waals surface area contributed by atoms with Gasteiger partial charge in [-0.2, -0.15) is 9.97 Å². The number of carbonyl (C=O) groups is 1. The normalized spacial score (nSPS) is 23.9. The number of nitrogens with one attached hydrogen (secondary N) is 1. The van der Waals surface area contributed by atoms with Gasteiger partial charge in [-0.25, -0.2) is 13.8 Å². The Morgan fingerprint density at radius 2 is 1.76 bits per heavy atom. The molecule has 6 rings (SSSR count). The lowest BCUT2D eigenvalue weighted by molar-refractivity contribution is -0.138. The summed E-state index contributed by atoms with van der Waals surface area (Å²) in [4.78, 5) is 29.5. The number of fused-ring (bicyclic) bond motifs is 1. The predicted molar refractivity (Wildman–Crippen MR) is 155 cm³/mol. The van der Waals surface area contributed by atoms with E-state index in [4.69, 9.17) is 14.7 Å². The zero-order valence-electron chi connectivity index (χ0n) is 23.8. The van der Waals surface area contributed by atoms with Crippen molar-refractivity contribution in [3.8, 4) is 5.82 Å². The number of carboxylic acids is 1. The fraction of sp³-hybridized carbons (Fsp3) is 0.600. The number of alkyl halides is 2. The van der Waals surface area contributed by atoms with Crippen molar-refractivity contribution < 1.29 is 23.4 Å². The number of aromatic nitrogens is 4. The van der Waals surface area contributed by atoms with Gasteiger partial charge < -0.3 is 25.0 Å². The monoisotopic (exact) mass is 583 g/mol. The van der Waals surface area contributed by atoms with Gasteiger partial charge in [0.05, 0.1) is 24.2 Å². The maximum absolute atomic E-state index is 14.1. The molecule has 4 heterocycles. The summed E-state index contributed by atoms with van der Waals surface area (Å²) in [5.74, 6) is 1.12. The van der Waals surface area contributed by atoms with Crippen LogP contribution in [0.5, 0.6) is 0 Å². The third-order valence-corrected chi connectivity index (χ3v) is 8.94. The second-order valence-corrected chi connectivity index (χ2v) is 11.8. The van der Waals surface area contributed by atoms with Gasteiger partial charge in [0.15, 0.2) is 5.82 Å². The van der Waals surface area contributed by atoms with Crippen molar-refractivity contribution in [2.75, 3.05) is 56.2 Å². The number of carboxylic acid groups (broad SMARTS) is 1. The van der Waals surface area contributed by atoms with E-state index in [1.54, 1.807) is 24.3 Å². The van der Waals surface area contributed by atoms with Crippen molar-refractivity contribution >= 4 is 28.8 Å². The highest BCUT2D eigenvalue weighted by atomic mass is 19.3. The average Bonchev–Trinajstić information content (AvgIpc) is 3.41. The molecule has 3 aliphatic rings. The Morgan fingerprint density at radius 1 is 1.00 bits per heavy atom. The summed E-state index contributed by atoms with van der Waals surface area (Å²) in [7, 11) is 0. The van der Waals surface area contributed by atoms with Crippen LogP contribution >= 0.6 is 0 Å². The van der Waals surface area contributed by atoms with Crippen molar-refractivity contribution in [1.82, 2.24) is 24.4 Å². The van der Waals surface area contributed by atoms with E-state index in [2.05, 4.69) is 20.1 Å². The van der Waals surface area contributed by atoms with Crippen LogP contribution in [0.1, 0.15) is 57.2 Å². The molecule has 2 saturated heterocycles. The summed E-state index contributed by atoms with van der Waals surface area (Å²) in [5, 5.41) is 12.7. The largest absolute Gasteiger partial charge is 0.481 e. The fourth-order valence-electron chi connectivity index (χ4n) is 6.79. The minimum absolute atomic E-state index is 0.249. The van der Waals surface area contributed by atoms with Gasteiger partial charge >= 0.3 is 5.97 Å². The number of nitrogens with zero attached hydrogens (tertiary/aromatic N) is 6. The molecule has 1 unspecified atom stereocenters. The molecule has 1 saturated carbocycles. The smallest absolute Gasteiger partial charge is 0.303 e. The van der Waals surface area contributed by atoms with E-state index in [0.29, 0.717) is 73.4 Å². The molecule has 1 aromatic carbocycles. The molecular weight excluding hydrogens is 544 g/mol. The minimum Gasteiger partial charge on any atom is -0.481 e. The lowest BCUT2D eigenvalue weighted by Crippen LogP contribution is -2.45. The SMILES string of the molecule is O=C(O)CC1CCCN([C@H]2CC[C@H](CNc3nc(N4CCOCC4)cc(-n4c(C(F)F)nc5ccccc54)n3)CC2)C1. The fourth-order valence-corrected chi connectivity index (χ4v) is 6.79. The molecule has 2 aliphatic heterocycles. The number of hydrogen-bond donors (Lipinski definition) is 2. The van der Waals surface area contributed by atoms with E-state index < -0.39 is 12.4 Å². The highest BCUT2D eigenvalue weighted by Gasteiger charge is 2.30. The van der Waals surface area contributed by atoms with Crippen LogP contribution in [0.25, 0.3) is 16.9 Å². The average molecular weight is 584 g/mol. The highest BCUT2D eigenvalue weighted by Crippen LogP contribution is 2.32. The summed E-state index contributed by atoms with van der Waals surface area (Å²) in [5.41, 5.74) is 1.07. The quantitative estimate of drug-likeness (QED) is 0.369. The number of morpholine rings is 1. The standard InChI is InChI=1S/C30H39F2N7O3/c31-28(32)29-34-23-5-1-2-6-24(23)39(29)26-17-25(37-12-14-42-15-13-37)35-30(36-26)33-18-20-7-9-22(10-8-20)38-11-3-4-21(19-38)16-27(40)41/h1-2,5-6,17,20-22,28H,3-4,7-16,18-19H2,(H,40,41)(H,33,35,36)/t20-,21?,22-. The van der Waals surface area contributed by atoms with Crippen LogP contribution in [-0.4, -0.2) is 87.5 Å². The van der Waals surface area contributed by atoms with Crippen LogP contribution in [0.15, 0.2) is 30.3 Å². The Labute approximate surface area is 244 Å². The molecule has 1 aliphatic carbocycles. The van der Waals surface area contributed by atoms with E-state index in [-0.39, 0.29) is 18.2 Å². The van der Waals surface area contributed by atoms with Gasteiger partial charge in [-0.1, -0.05) is 12.1 Å². The van der Waals surface area contributed by atoms with Crippen molar-refractivity contribution in [3.63, 3.8) is 0 Å². The maximum Gasteiger partial charge on any atom is 0.303 e. The van der Waals surface area contributed by atoms with Crippen molar-refractivity contribution in [2.24, 2.45) is 11.8 Å². The molecule has 0 spiro atoms. The Balaban J connectivity index is 1.17. The second-order valence-electron chi connectivity index (χ2n) is 11.8. The zero-order valence-corrected chi connectivity index (χ0v) is 23.8. The topological polar surface area (TPSA) is 109 Å². The van der Waals surface area contributed by atoms with E-state index in [1.807, 2.05) is 6.07 Å². The van der Waals surface area contributed by atoms with Crippen molar-refractivity contribution in [2.45, 2.75) is 57.4 Å². The Hall–Kier alpha value is -3.38. The number of hydrogen-bond acceptors (Lipinski definition) is 8. The summed E-state index contributed by atoms with van der Waals surface area (Å²) in [6.45, 7) is 5.12. The number of aliphatic carboxylic acids is 1. The number of para-hydroxylation sites is 2. The van der Waals surface area contributed by atoms with Gasteiger partial charge in [0.25, 0.3) is 6.43 Å². The summed E-state index contributed by atoms with van der Waals surface area (Å²) >= 11 is 0. The first-order valence-electron chi connectivity index (χ1n) is 15.1. The highest BCUT2D eigenvalue weighted by molar-refractivity contribution is 5.78. The molecule has 0 bridgehead atoms. The first-order valence-corrected chi connectivity index (χ1v) is 15.1. The van der Waals surface area contributed by atoms with Gasteiger partial charge in [-0.05, 0) is 69.0 Å². The van der Waals surface area contributed by atoms with Crippen LogP contribution in [0.3, 0.4) is 0 Å². The number of imidazole rings is 1. The predicted octanol–water partition coefficient (Wildman–Crippen LogP) is 4.75. The lowest BCUT2D eigenvalue weighted by atomic mass is 9.83. The van der Waals surface area contributed by atoms with Crippen LogP contribution in [-0.2, 0) is 9.53 Å². The third-order valence-electron chi connectivity index (χ3n) is 8.94. The molecule has 0 amide bonds. The van der Waals surface area contributed by atoms with Gasteiger partial charge in [-0.15, -0.1) is 0 Å². The van der Waals surface area contributed by atoms with Gasteiger partial charge in [-0.3, -0.25) is 9.36 Å². The lowest BCUT2D eigenvalue weighted by Gasteiger charge is -2.41. The summed E-state index contributed by atoms with van der Waals surface area (Å²) < 4.78 is 35.2. The van der Waals surface area contributed by atoms with Crippen LogP contribution in [0.4, 0.5) is 20.5 Å². The van der Waals surface area contributed by atoms with Gasteiger partial charge in [0, 0.05) is 44.7 Å². The number of ether oxygens (including phenoxy) is 1. The van der Waals surface area contributed by atoms with Crippen molar-refractivity contribution in [1.29, 1.82) is 0 Å². The Kier molecular flexibility index (Phi) is 8.80. The zero-order chi connectivity index (χ0) is 29.1. The molecule has 42 heavy (non-hydrogen) atoms. The van der Waals surface area contributed by atoms with Gasteiger partial charge in [0.1, 0.15) is 11.6 Å². The summed E-state index contributed by atoms with van der Waals surface area (Å²) in [6, 6.07) is 9.38. The minimum atomic E-state index is -2.76. The van der Waals surface area contributed by atoms with Crippen LogP contribution in [0, 0.1) is 11.8 Å². The molecule has 3 fully saturated rings. The maximum atomic E-state index is 14.1. The number of piperidine rings is 1. The number of likely N-dealkylation sites (tertiary alicyclic amines) is 1. The molecular formula is C30H39F2N7O3. The first-order chi connectivity index (χ1) is 20.4. The van der Waals surface area contributed by atoms with E-state index >= 15 is 0 Å². The number of halogens is 2.